The number of nitrogens with one attached hydrogen (secondary N) is 2. The zero-order chi connectivity index (χ0) is 18.0. The van der Waals surface area contributed by atoms with Gasteiger partial charge in [0.05, 0.1) is 24.1 Å². The number of nitrogens with zero attached hydrogens (tertiary/aromatic N) is 1. The van der Waals surface area contributed by atoms with Gasteiger partial charge in [0.15, 0.2) is 0 Å². The predicted octanol–water partition coefficient (Wildman–Crippen LogP) is 1.61. The number of amides is 2. The van der Waals surface area contributed by atoms with E-state index in [4.69, 9.17) is 9.47 Å². The van der Waals surface area contributed by atoms with Crippen molar-refractivity contribution in [2.75, 3.05) is 43.5 Å². The molecule has 1 aromatic rings. The summed E-state index contributed by atoms with van der Waals surface area (Å²) in [7, 11) is 0. The first kappa shape index (κ1) is 17.3. The Bertz CT molecular complexity index is 679. The zero-order valence-corrected chi connectivity index (χ0v) is 14.8. The van der Waals surface area contributed by atoms with Crippen molar-refractivity contribution in [1.29, 1.82) is 0 Å². The van der Waals surface area contributed by atoms with Gasteiger partial charge in [-0.2, -0.15) is 0 Å². The van der Waals surface area contributed by atoms with Gasteiger partial charge in [-0.1, -0.05) is 12.1 Å². The molecule has 3 heterocycles. The van der Waals surface area contributed by atoms with E-state index in [0.29, 0.717) is 32.5 Å². The normalized spacial score (nSPS) is 24.1. The van der Waals surface area contributed by atoms with E-state index in [0.717, 1.165) is 30.8 Å². The minimum Gasteiger partial charge on any atom is -0.376 e. The van der Waals surface area contributed by atoms with Gasteiger partial charge >= 0.3 is 0 Å². The largest absolute Gasteiger partial charge is 0.376 e. The lowest BCUT2D eigenvalue weighted by molar-refractivity contribution is -0.140. The maximum Gasteiger partial charge on any atom is 0.250 e. The molecule has 2 saturated heterocycles. The molecule has 2 fully saturated rings. The highest BCUT2D eigenvalue weighted by Crippen LogP contribution is 2.36. The molecule has 1 aromatic carbocycles. The lowest BCUT2D eigenvalue weighted by Crippen LogP contribution is -2.59. The number of hydrogen-bond acceptors (Lipinski definition) is 5. The van der Waals surface area contributed by atoms with Crippen molar-refractivity contribution in [3.8, 4) is 0 Å². The molecule has 140 valence electrons. The van der Waals surface area contributed by atoms with Crippen molar-refractivity contribution in [3.63, 3.8) is 0 Å². The Hall–Kier alpha value is -2.12. The zero-order valence-electron chi connectivity index (χ0n) is 14.8. The van der Waals surface area contributed by atoms with Crippen LogP contribution in [0.25, 0.3) is 0 Å². The van der Waals surface area contributed by atoms with E-state index in [9.17, 15) is 9.59 Å². The first-order valence-corrected chi connectivity index (χ1v) is 9.32. The van der Waals surface area contributed by atoms with Gasteiger partial charge in [-0.15, -0.1) is 0 Å². The molecular formula is C19H25N3O4. The Labute approximate surface area is 153 Å². The second kappa shape index (κ2) is 7.25. The van der Waals surface area contributed by atoms with Crippen LogP contribution in [0.1, 0.15) is 25.7 Å². The predicted molar refractivity (Wildman–Crippen MR) is 97.0 cm³/mol. The van der Waals surface area contributed by atoms with Crippen molar-refractivity contribution >= 4 is 23.2 Å². The van der Waals surface area contributed by atoms with Gasteiger partial charge in [-0.25, -0.2) is 0 Å². The molecule has 2 amide bonds. The van der Waals surface area contributed by atoms with E-state index in [1.54, 1.807) is 4.90 Å². The van der Waals surface area contributed by atoms with Crippen LogP contribution >= 0.6 is 0 Å². The number of para-hydroxylation sites is 2. The van der Waals surface area contributed by atoms with Crippen molar-refractivity contribution in [3.05, 3.63) is 24.3 Å². The summed E-state index contributed by atoms with van der Waals surface area (Å²) in [5.41, 5.74) is 1.11. The summed E-state index contributed by atoms with van der Waals surface area (Å²) < 4.78 is 11.0. The molecule has 3 aliphatic rings. The Morgan fingerprint density at radius 2 is 2.04 bits per heavy atom. The minimum absolute atomic E-state index is 0.0158. The standard InChI is InChI=1S/C19H25N3O4/c23-17(13-25-12-14-4-3-11-26-14)22-9-7-19(8-10-22)18(24)20-15-5-1-2-6-16(15)21-19/h1-2,5-6,14,21H,3-4,7-13H2,(H,20,24)/t14-/m0/s1. The summed E-state index contributed by atoms with van der Waals surface area (Å²) in [5.74, 6) is -0.0348. The molecule has 3 aliphatic heterocycles. The van der Waals surface area contributed by atoms with E-state index in [-0.39, 0.29) is 24.5 Å². The number of likely N-dealkylation sites (tertiary alicyclic amines) is 1. The smallest absolute Gasteiger partial charge is 0.250 e. The van der Waals surface area contributed by atoms with Crippen LogP contribution in [-0.4, -0.2) is 61.3 Å². The second-order valence-corrected chi connectivity index (χ2v) is 7.24. The molecule has 0 unspecified atom stereocenters. The topological polar surface area (TPSA) is 79.9 Å². The van der Waals surface area contributed by atoms with Crippen LogP contribution in [0.5, 0.6) is 0 Å². The highest BCUT2D eigenvalue weighted by atomic mass is 16.5. The van der Waals surface area contributed by atoms with Crippen molar-refractivity contribution < 1.29 is 19.1 Å². The molecule has 0 aliphatic carbocycles. The number of benzene rings is 1. The van der Waals surface area contributed by atoms with Gasteiger partial charge in [0.2, 0.25) is 11.8 Å². The van der Waals surface area contributed by atoms with E-state index in [2.05, 4.69) is 10.6 Å². The van der Waals surface area contributed by atoms with Crippen LogP contribution in [0.4, 0.5) is 11.4 Å². The summed E-state index contributed by atoms with van der Waals surface area (Å²) in [6, 6.07) is 7.70. The van der Waals surface area contributed by atoms with E-state index in [1.807, 2.05) is 24.3 Å². The summed E-state index contributed by atoms with van der Waals surface area (Å²) in [6.45, 7) is 2.43. The number of carbonyl (C=O) groups is 2. The van der Waals surface area contributed by atoms with Gasteiger partial charge < -0.3 is 25.0 Å². The van der Waals surface area contributed by atoms with Crippen LogP contribution in [0.3, 0.4) is 0 Å². The molecular weight excluding hydrogens is 334 g/mol. The number of hydrogen-bond donors (Lipinski definition) is 2. The third-order valence-corrected chi connectivity index (χ3v) is 5.51. The maximum absolute atomic E-state index is 12.6. The third kappa shape index (κ3) is 3.41. The fourth-order valence-electron chi connectivity index (χ4n) is 3.89. The molecule has 7 nitrogen and oxygen atoms in total. The molecule has 4 rings (SSSR count). The minimum atomic E-state index is -0.635. The molecule has 0 saturated carbocycles. The number of piperidine rings is 1. The number of ether oxygens (including phenoxy) is 2. The number of rotatable bonds is 4. The Balaban J connectivity index is 1.29. The lowest BCUT2D eigenvalue weighted by atomic mass is 9.84. The number of anilines is 2. The molecule has 0 bridgehead atoms. The quantitative estimate of drug-likeness (QED) is 0.854. The fraction of sp³-hybridized carbons (Fsp3) is 0.579. The summed E-state index contributed by atoms with van der Waals surface area (Å²) in [5, 5.41) is 6.39. The highest BCUT2D eigenvalue weighted by Gasteiger charge is 2.44. The van der Waals surface area contributed by atoms with Gasteiger partial charge in [0.25, 0.3) is 0 Å². The van der Waals surface area contributed by atoms with Gasteiger partial charge in [-0.3, -0.25) is 9.59 Å². The summed E-state index contributed by atoms with van der Waals surface area (Å²) in [4.78, 5) is 26.8. The molecule has 1 atom stereocenters. The second-order valence-electron chi connectivity index (χ2n) is 7.24. The Morgan fingerprint density at radius 3 is 2.77 bits per heavy atom. The van der Waals surface area contributed by atoms with Crippen LogP contribution in [-0.2, 0) is 19.1 Å². The van der Waals surface area contributed by atoms with Crippen molar-refractivity contribution in [1.82, 2.24) is 4.90 Å². The molecule has 0 radical (unpaired) electrons. The average Bonchev–Trinajstić information content (AvgIpc) is 3.17. The lowest BCUT2D eigenvalue weighted by Gasteiger charge is -2.44. The maximum atomic E-state index is 12.6. The van der Waals surface area contributed by atoms with Crippen LogP contribution < -0.4 is 10.6 Å². The summed E-state index contributed by atoms with van der Waals surface area (Å²) in [6.07, 6.45) is 3.37. The fourth-order valence-corrected chi connectivity index (χ4v) is 3.89. The van der Waals surface area contributed by atoms with Crippen molar-refractivity contribution in [2.24, 2.45) is 0 Å². The van der Waals surface area contributed by atoms with Crippen molar-refractivity contribution in [2.45, 2.75) is 37.3 Å². The van der Waals surface area contributed by atoms with Crippen LogP contribution in [0.15, 0.2) is 24.3 Å². The molecule has 2 N–H and O–H groups in total. The van der Waals surface area contributed by atoms with Crippen LogP contribution in [0.2, 0.25) is 0 Å². The van der Waals surface area contributed by atoms with E-state index < -0.39 is 5.54 Å². The summed E-state index contributed by atoms with van der Waals surface area (Å²) >= 11 is 0. The Morgan fingerprint density at radius 1 is 1.27 bits per heavy atom. The molecule has 7 heteroatoms. The first-order chi connectivity index (χ1) is 12.7. The van der Waals surface area contributed by atoms with Gasteiger partial charge in [0.1, 0.15) is 12.1 Å². The van der Waals surface area contributed by atoms with Gasteiger partial charge in [-0.05, 0) is 37.8 Å². The van der Waals surface area contributed by atoms with E-state index in [1.165, 1.54) is 0 Å². The highest BCUT2D eigenvalue weighted by molar-refractivity contribution is 6.06. The van der Waals surface area contributed by atoms with Gasteiger partial charge in [0, 0.05) is 19.7 Å². The average molecular weight is 359 g/mol. The number of carbonyl (C=O) groups excluding carboxylic acids is 2. The Kier molecular flexibility index (Phi) is 4.82. The van der Waals surface area contributed by atoms with Crippen LogP contribution in [0, 0.1) is 0 Å². The third-order valence-electron chi connectivity index (χ3n) is 5.51. The SMILES string of the molecule is O=C(COC[C@@H]1CCCO1)N1CCC2(CC1)Nc1ccccc1NC2=O. The monoisotopic (exact) mass is 359 g/mol. The molecule has 1 spiro atoms. The van der Waals surface area contributed by atoms with E-state index >= 15 is 0 Å². The number of fused-ring (bicyclic) bond motifs is 1. The first-order valence-electron chi connectivity index (χ1n) is 9.32. The molecule has 0 aromatic heterocycles. The molecule has 26 heavy (non-hydrogen) atoms.